The summed E-state index contributed by atoms with van der Waals surface area (Å²) in [5.74, 6) is 5.16. The van der Waals surface area contributed by atoms with Crippen molar-refractivity contribution in [3.8, 4) is 11.8 Å². The van der Waals surface area contributed by atoms with E-state index in [2.05, 4.69) is 26.8 Å². The Morgan fingerprint density at radius 3 is 2.83 bits per heavy atom. The van der Waals surface area contributed by atoms with Crippen molar-refractivity contribution in [2.24, 2.45) is 0 Å². The highest BCUT2D eigenvalue weighted by Crippen LogP contribution is 2.21. The summed E-state index contributed by atoms with van der Waals surface area (Å²) in [6.07, 6.45) is 7.68. The maximum absolute atomic E-state index is 13.7. The summed E-state index contributed by atoms with van der Waals surface area (Å²) in [4.78, 5) is 16.5. The van der Waals surface area contributed by atoms with Crippen LogP contribution in [-0.2, 0) is 4.79 Å². The van der Waals surface area contributed by atoms with E-state index in [1.807, 2.05) is 10.9 Å². The van der Waals surface area contributed by atoms with Crippen molar-refractivity contribution in [1.82, 2.24) is 19.7 Å². The van der Waals surface area contributed by atoms with E-state index in [4.69, 9.17) is 11.6 Å². The fourth-order valence-corrected chi connectivity index (χ4v) is 2.86. The largest absolute Gasteiger partial charge is 0.302 e. The highest BCUT2D eigenvalue weighted by Gasteiger charge is 2.20. The molecule has 3 heterocycles. The van der Waals surface area contributed by atoms with Crippen LogP contribution in [0, 0.1) is 17.7 Å². The van der Waals surface area contributed by atoms with Gasteiger partial charge in [-0.05, 0) is 12.8 Å². The fraction of sp³-hybridized carbons (Fsp3) is 0.353. The van der Waals surface area contributed by atoms with Gasteiger partial charge in [-0.3, -0.25) is 9.58 Å². The number of aldehydes is 1. The topological polar surface area (TPSA) is 51.0 Å². The molecule has 0 unspecified atom stereocenters. The third-order valence-electron chi connectivity index (χ3n) is 4.03. The van der Waals surface area contributed by atoms with E-state index in [0.717, 1.165) is 43.8 Å². The number of pyridine rings is 1. The molecule has 24 heavy (non-hydrogen) atoms. The Bertz CT molecular complexity index is 787. The zero-order valence-corrected chi connectivity index (χ0v) is 13.7. The summed E-state index contributed by atoms with van der Waals surface area (Å²) >= 11 is 5.62. The maximum atomic E-state index is 13.7. The number of carbonyl (C=O) groups is 1. The van der Waals surface area contributed by atoms with Crippen LogP contribution in [0.4, 0.5) is 4.39 Å². The van der Waals surface area contributed by atoms with Crippen LogP contribution < -0.4 is 0 Å². The molecule has 5 nitrogen and oxygen atoms in total. The van der Waals surface area contributed by atoms with Gasteiger partial charge in [0.15, 0.2) is 0 Å². The lowest BCUT2D eigenvalue weighted by Gasteiger charge is -2.30. The minimum absolute atomic E-state index is 0.104. The number of hydrogen-bond donors (Lipinski definition) is 0. The number of likely N-dealkylation sites (tertiary alicyclic amines) is 1. The first-order valence-corrected chi connectivity index (χ1v) is 8.06. The Labute approximate surface area is 144 Å². The number of hydrogen-bond acceptors (Lipinski definition) is 4. The summed E-state index contributed by atoms with van der Waals surface area (Å²) in [5, 5.41) is 4.46. The van der Waals surface area contributed by atoms with Gasteiger partial charge in [0.2, 0.25) is 0 Å². The summed E-state index contributed by atoms with van der Waals surface area (Å²) in [6.45, 7) is 2.25. The molecule has 0 atom stereocenters. The van der Waals surface area contributed by atoms with E-state index in [1.54, 1.807) is 6.20 Å². The number of piperidine rings is 1. The van der Waals surface area contributed by atoms with Crippen LogP contribution in [0.15, 0.2) is 24.7 Å². The molecule has 0 amide bonds. The van der Waals surface area contributed by atoms with Crippen molar-refractivity contribution >= 4 is 17.9 Å². The second kappa shape index (κ2) is 7.56. The molecule has 3 rings (SSSR count). The number of rotatable bonds is 3. The summed E-state index contributed by atoms with van der Waals surface area (Å²) in [5.41, 5.74) is 0.925. The molecular formula is C17H16ClFN4O. The van der Waals surface area contributed by atoms with Gasteiger partial charge in [-0.25, -0.2) is 9.37 Å². The van der Waals surface area contributed by atoms with Crippen molar-refractivity contribution in [3.05, 3.63) is 46.8 Å². The van der Waals surface area contributed by atoms with Crippen molar-refractivity contribution in [2.75, 3.05) is 19.6 Å². The van der Waals surface area contributed by atoms with Crippen LogP contribution in [-0.4, -0.2) is 45.6 Å². The molecule has 2 aromatic rings. The Kier molecular flexibility index (Phi) is 5.24. The number of halogens is 2. The minimum Gasteiger partial charge on any atom is -0.302 e. The van der Waals surface area contributed by atoms with E-state index >= 15 is 0 Å². The lowest BCUT2D eigenvalue weighted by Crippen LogP contribution is -2.35. The van der Waals surface area contributed by atoms with Gasteiger partial charge in [-0.1, -0.05) is 23.4 Å². The predicted molar refractivity (Wildman–Crippen MR) is 88.2 cm³/mol. The third-order valence-corrected chi connectivity index (χ3v) is 4.23. The van der Waals surface area contributed by atoms with Crippen molar-refractivity contribution in [2.45, 2.75) is 18.9 Å². The van der Waals surface area contributed by atoms with E-state index in [9.17, 15) is 9.18 Å². The minimum atomic E-state index is -0.488. The fourth-order valence-electron chi connectivity index (χ4n) is 2.71. The van der Waals surface area contributed by atoms with E-state index in [0.29, 0.717) is 12.6 Å². The normalized spacial score (nSPS) is 15.8. The Morgan fingerprint density at radius 1 is 1.33 bits per heavy atom. The molecule has 0 radical (unpaired) electrons. The quantitative estimate of drug-likeness (QED) is 0.486. The van der Waals surface area contributed by atoms with Gasteiger partial charge in [-0.15, -0.1) is 0 Å². The van der Waals surface area contributed by atoms with Gasteiger partial charge >= 0.3 is 0 Å². The number of carbonyl (C=O) groups excluding carboxylic acids is 1. The first-order chi connectivity index (χ1) is 11.7. The van der Waals surface area contributed by atoms with Crippen LogP contribution in [0.1, 0.15) is 30.0 Å². The maximum Gasteiger partial charge on any atom is 0.143 e. The summed E-state index contributed by atoms with van der Waals surface area (Å²) < 4.78 is 15.6. The molecule has 0 bridgehead atoms. The third kappa shape index (κ3) is 3.99. The lowest BCUT2D eigenvalue weighted by atomic mass is 10.1. The molecule has 0 aliphatic carbocycles. The number of nitrogens with zero attached hydrogens (tertiary/aromatic N) is 4. The summed E-state index contributed by atoms with van der Waals surface area (Å²) in [6, 6.07) is 1.44. The van der Waals surface area contributed by atoms with Gasteiger partial charge in [-0.2, -0.15) is 5.10 Å². The molecule has 7 heteroatoms. The molecule has 1 aliphatic heterocycles. The van der Waals surface area contributed by atoms with Gasteiger partial charge in [0.1, 0.15) is 17.3 Å². The van der Waals surface area contributed by atoms with Crippen molar-refractivity contribution in [3.63, 3.8) is 0 Å². The molecule has 0 spiro atoms. The molecule has 1 fully saturated rings. The highest BCUT2D eigenvalue weighted by molar-refractivity contribution is 6.29. The monoisotopic (exact) mass is 346 g/mol. The molecular weight excluding hydrogens is 331 g/mol. The first kappa shape index (κ1) is 16.6. The molecule has 0 aromatic carbocycles. The van der Waals surface area contributed by atoms with Gasteiger partial charge < -0.3 is 4.79 Å². The Morgan fingerprint density at radius 2 is 2.12 bits per heavy atom. The zero-order chi connectivity index (χ0) is 16.9. The Hall–Kier alpha value is -2.23. The predicted octanol–water partition coefficient (Wildman–Crippen LogP) is 2.31. The molecule has 1 aliphatic rings. The van der Waals surface area contributed by atoms with Crippen LogP contribution in [0.5, 0.6) is 0 Å². The second-order valence-electron chi connectivity index (χ2n) is 5.64. The Balaban J connectivity index is 1.66. The molecule has 124 valence electrons. The van der Waals surface area contributed by atoms with Crippen LogP contribution >= 0.6 is 11.6 Å². The molecule has 0 N–H and O–H groups in total. The average Bonchev–Trinajstić information content (AvgIpc) is 3.04. The first-order valence-electron chi connectivity index (χ1n) is 7.69. The molecule has 0 saturated carbocycles. The van der Waals surface area contributed by atoms with E-state index in [-0.39, 0.29) is 10.7 Å². The zero-order valence-electron chi connectivity index (χ0n) is 13.0. The van der Waals surface area contributed by atoms with Gasteiger partial charge in [0.05, 0.1) is 29.9 Å². The summed E-state index contributed by atoms with van der Waals surface area (Å²) in [7, 11) is 0. The average molecular weight is 347 g/mol. The smallest absolute Gasteiger partial charge is 0.143 e. The van der Waals surface area contributed by atoms with Crippen molar-refractivity contribution < 1.29 is 9.18 Å². The van der Waals surface area contributed by atoms with Crippen molar-refractivity contribution in [1.29, 1.82) is 0 Å². The van der Waals surface area contributed by atoms with Crippen LogP contribution in [0.2, 0.25) is 5.15 Å². The second-order valence-corrected chi connectivity index (χ2v) is 6.03. The van der Waals surface area contributed by atoms with Gasteiger partial charge in [0.25, 0.3) is 0 Å². The highest BCUT2D eigenvalue weighted by atomic mass is 35.5. The van der Waals surface area contributed by atoms with Crippen LogP contribution in [0.3, 0.4) is 0 Å². The van der Waals surface area contributed by atoms with Crippen LogP contribution in [0.25, 0.3) is 0 Å². The van der Waals surface area contributed by atoms with Gasteiger partial charge in [0, 0.05) is 31.5 Å². The van der Waals surface area contributed by atoms with E-state index in [1.165, 1.54) is 6.20 Å². The van der Waals surface area contributed by atoms with E-state index < -0.39 is 5.82 Å². The lowest BCUT2D eigenvalue weighted by molar-refractivity contribution is -0.109. The molecule has 1 saturated heterocycles. The number of aromatic nitrogens is 3. The SMILES string of the molecule is O=CCN1CCC(n2cc(C#Cc3cnc(Cl)cc3F)cn2)CC1. The molecule has 2 aromatic heterocycles. The standard InChI is InChI=1S/C17H16ClFN4O/c18-17-9-16(19)14(11-20-17)2-1-13-10-21-23(12-13)15-3-5-22(6-4-15)7-8-24/h8-12,15H,3-7H2.